The van der Waals surface area contributed by atoms with Gasteiger partial charge in [-0.2, -0.15) is 12.6 Å². The first-order valence-corrected chi connectivity index (χ1v) is 4.52. The molecule has 0 saturated carbocycles. The Morgan fingerprint density at radius 1 is 1.45 bits per heavy atom. The highest BCUT2D eigenvalue weighted by Crippen LogP contribution is 1.77. The van der Waals surface area contributed by atoms with Crippen LogP contribution >= 0.6 is 12.6 Å². The lowest BCUT2D eigenvalue weighted by Crippen LogP contribution is -2.28. The molecule has 0 aromatic rings. The van der Waals surface area contributed by atoms with Crippen LogP contribution in [0.4, 0.5) is 0 Å². The molecule has 0 heterocycles. The number of nitrogens with one attached hydrogen (secondary N) is 2. The molecule has 0 aromatic heterocycles. The van der Waals surface area contributed by atoms with Gasteiger partial charge in [-0.05, 0) is 6.54 Å². The van der Waals surface area contributed by atoms with Gasteiger partial charge in [0.1, 0.15) is 0 Å². The van der Waals surface area contributed by atoms with Gasteiger partial charge >= 0.3 is 0 Å². The fourth-order valence-corrected chi connectivity index (χ4v) is 0.774. The molecule has 0 atom stereocenters. The minimum atomic E-state index is 0.0972. The highest BCUT2D eigenvalue weighted by molar-refractivity contribution is 7.80. The number of amides is 1. The first kappa shape index (κ1) is 10.8. The number of hydrogen-bond acceptors (Lipinski definition) is 3. The molecule has 1 amide bonds. The van der Waals surface area contributed by atoms with Gasteiger partial charge in [-0.15, -0.1) is 0 Å². The zero-order valence-electron chi connectivity index (χ0n) is 6.89. The minimum absolute atomic E-state index is 0.0972. The molecule has 66 valence electrons. The van der Waals surface area contributed by atoms with E-state index in [1.807, 2.05) is 6.92 Å². The van der Waals surface area contributed by atoms with Gasteiger partial charge in [-0.25, -0.2) is 0 Å². The summed E-state index contributed by atoms with van der Waals surface area (Å²) in [4.78, 5) is 10.9. The second kappa shape index (κ2) is 7.88. The second-order valence-electron chi connectivity index (χ2n) is 2.18. The van der Waals surface area contributed by atoms with Crippen LogP contribution in [0.1, 0.15) is 13.3 Å². The molecule has 0 aliphatic heterocycles. The van der Waals surface area contributed by atoms with Crippen LogP contribution in [-0.4, -0.2) is 31.3 Å². The van der Waals surface area contributed by atoms with Crippen molar-refractivity contribution >= 4 is 18.5 Å². The van der Waals surface area contributed by atoms with Crippen molar-refractivity contribution in [2.24, 2.45) is 0 Å². The van der Waals surface area contributed by atoms with E-state index in [4.69, 9.17) is 0 Å². The van der Waals surface area contributed by atoms with Gasteiger partial charge in [0.15, 0.2) is 0 Å². The first-order chi connectivity index (χ1) is 5.31. The van der Waals surface area contributed by atoms with E-state index in [2.05, 4.69) is 23.3 Å². The zero-order valence-corrected chi connectivity index (χ0v) is 7.79. The van der Waals surface area contributed by atoms with Crippen molar-refractivity contribution in [2.45, 2.75) is 13.3 Å². The zero-order chi connectivity index (χ0) is 8.53. The van der Waals surface area contributed by atoms with Gasteiger partial charge in [0.05, 0.1) is 0 Å². The van der Waals surface area contributed by atoms with Crippen molar-refractivity contribution in [3.8, 4) is 0 Å². The molecule has 0 radical (unpaired) electrons. The number of thiol groups is 1. The lowest BCUT2D eigenvalue weighted by molar-refractivity contribution is -0.120. The van der Waals surface area contributed by atoms with Crippen molar-refractivity contribution in [1.29, 1.82) is 0 Å². The van der Waals surface area contributed by atoms with Gasteiger partial charge in [0.2, 0.25) is 5.91 Å². The fraction of sp³-hybridized carbons (Fsp3) is 0.857. The van der Waals surface area contributed by atoms with Crippen LogP contribution < -0.4 is 10.6 Å². The Bertz CT molecular complexity index is 109. The van der Waals surface area contributed by atoms with Crippen LogP contribution in [0.15, 0.2) is 0 Å². The molecule has 0 bridgehead atoms. The van der Waals surface area contributed by atoms with E-state index in [-0.39, 0.29) is 5.91 Å². The molecule has 0 fully saturated rings. The van der Waals surface area contributed by atoms with Gasteiger partial charge < -0.3 is 10.6 Å². The fourth-order valence-electron chi connectivity index (χ4n) is 0.662. The van der Waals surface area contributed by atoms with Crippen molar-refractivity contribution in [3.05, 3.63) is 0 Å². The summed E-state index contributed by atoms with van der Waals surface area (Å²) in [7, 11) is 0. The van der Waals surface area contributed by atoms with Gasteiger partial charge in [0.25, 0.3) is 0 Å². The summed E-state index contributed by atoms with van der Waals surface area (Å²) in [6, 6.07) is 0. The van der Waals surface area contributed by atoms with Crippen molar-refractivity contribution in [2.75, 3.05) is 25.4 Å². The maximum atomic E-state index is 10.9. The summed E-state index contributed by atoms with van der Waals surface area (Å²) in [6.45, 7) is 4.36. The van der Waals surface area contributed by atoms with Crippen LogP contribution in [0.5, 0.6) is 0 Å². The summed E-state index contributed by atoms with van der Waals surface area (Å²) >= 11 is 3.97. The quantitative estimate of drug-likeness (QED) is 0.395. The lowest BCUT2D eigenvalue weighted by atomic mass is 10.4. The lowest BCUT2D eigenvalue weighted by Gasteiger charge is -2.02. The number of rotatable bonds is 6. The summed E-state index contributed by atoms with van der Waals surface area (Å²) < 4.78 is 0. The third kappa shape index (κ3) is 7.68. The molecule has 4 heteroatoms. The van der Waals surface area contributed by atoms with E-state index < -0.39 is 0 Å². The molecule has 2 N–H and O–H groups in total. The Hall–Kier alpha value is -0.220. The molecule has 0 spiro atoms. The smallest absolute Gasteiger partial charge is 0.221 e. The molecule has 11 heavy (non-hydrogen) atoms. The predicted molar refractivity (Wildman–Crippen MR) is 50.0 cm³/mol. The van der Waals surface area contributed by atoms with E-state index in [9.17, 15) is 4.79 Å². The molecule has 0 unspecified atom stereocenters. The number of hydrogen-bond donors (Lipinski definition) is 3. The third-order valence-electron chi connectivity index (χ3n) is 1.21. The Balaban J connectivity index is 3.09. The van der Waals surface area contributed by atoms with Crippen molar-refractivity contribution in [3.63, 3.8) is 0 Å². The maximum absolute atomic E-state index is 10.9. The van der Waals surface area contributed by atoms with Gasteiger partial charge in [0, 0.05) is 25.3 Å². The molecular formula is C7H16N2OS. The molecule has 0 aromatic carbocycles. The van der Waals surface area contributed by atoms with E-state index in [0.717, 1.165) is 13.1 Å². The van der Waals surface area contributed by atoms with E-state index in [1.54, 1.807) is 0 Å². The molecule has 3 nitrogen and oxygen atoms in total. The van der Waals surface area contributed by atoms with Crippen LogP contribution in [0.25, 0.3) is 0 Å². The van der Waals surface area contributed by atoms with E-state index >= 15 is 0 Å². The van der Waals surface area contributed by atoms with Crippen LogP contribution in [0.2, 0.25) is 0 Å². The second-order valence-corrected chi connectivity index (χ2v) is 2.62. The van der Waals surface area contributed by atoms with Crippen LogP contribution in [0.3, 0.4) is 0 Å². The standard InChI is InChI=1S/C7H16N2OS/c1-2-8-4-3-7(10)9-5-6-11/h8,11H,2-6H2,1H3,(H,9,10). The van der Waals surface area contributed by atoms with Crippen LogP contribution in [-0.2, 0) is 4.79 Å². The average molecular weight is 176 g/mol. The molecule has 0 aliphatic rings. The normalized spacial score (nSPS) is 9.64. The third-order valence-corrected chi connectivity index (χ3v) is 1.44. The predicted octanol–water partition coefficient (Wildman–Crippen LogP) is 0.0320. The molecule has 0 rings (SSSR count). The van der Waals surface area contributed by atoms with Gasteiger partial charge in [-0.3, -0.25) is 4.79 Å². The Morgan fingerprint density at radius 2 is 2.18 bits per heavy atom. The summed E-state index contributed by atoms with van der Waals surface area (Å²) in [5.41, 5.74) is 0. The largest absolute Gasteiger partial charge is 0.355 e. The first-order valence-electron chi connectivity index (χ1n) is 3.89. The highest BCUT2D eigenvalue weighted by Gasteiger charge is 1.96. The molecule has 0 aliphatic carbocycles. The Morgan fingerprint density at radius 3 is 2.73 bits per heavy atom. The Labute approximate surface area is 73.3 Å². The number of carbonyl (C=O) groups is 1. The summed E-state index contributed by atoms with van der Waals surface area (Å²) in [6.07, 6.45) is 0.557. The number of carbonyl (C=O) groups excluding carboxylic acids is 1. The average Bonchev–Trinajstić information content (AvgIpc) is 2.01. The van der Waals surface area contributed by atoms with Crippen molar-refractivity contribution in [1.82, 2.24) is 10.6 Å². The minimum Gasteiger partial charge on any atom is -0.355 e. The monoisotopic (exact) mass is 176 g/mol. The summed E-state index contributed by atoms with van der Waals surface area (Å²) in [5, 5.41) is 5.81. The topological polar surface area (TPSA) is 41.1 Å². The molecule has 0 saturated heterocycles. The summed E-state index contributed by atoms with van der Waals surface area (Å²) in [5.74, 6) is 0.799. The Kier molecular flexibility index (Phi) is 7.72. The van der Waals surface area contributed by atoms with Gasteiger partial charge in [-0.1, -0.05) is 6.92 Å². The van der Waals surface area contributed by atoms with E-state index in [1.165, 1.54) is 0 Å². The van der Waals surface area contributed by atoms with E-state index in [0.29, 0.717) is 18.7 Å². The maximum Gasteiger partial charge on any atom is 0.221 e. The highest BCUT2D eigenvalue weighted by atomic mass is 32.1. The SMILES string of the molecule is CCNCCC(=O)NCCS. The molecular weight excluding hydrogens is 160 g/mol. The van der Waals surface area contributed by atoms with Crippen molar-refractivity contribution < 1.29 is 4.79 Å². The van der Waals surface area contributed by atoms with Crippen LogP contribution in [0, 0.1) is 0 Å².